The number of methoxy groups -OCH3 is 1. The molecule has 0 saturated carbocycles. The number of hydrogen-bond donors (Lipinski definition) is 0. The number of aryl methyl sites for hydroxylation is 2. The van der Waals surface area contributed by atoms with Gasteiger partial charge in [0.2, 0.25) is 11.8 Å². The van der Waals surface area contributed by atoms with Gasteiger partial charge in [-0.05, 0) is 60.4 Å². The SMILES string of the molecule is COc1ccc(Cc2nnc(/C=C/c3ccc(F)cc3C)o2)cc1C. The maximum absolute atomic E-state index is 13.1. The largest absolute Gasteiger partial charge is 0.496 e. The maximum Gasteiger partial charge on any atom is 0.240 e. The second-order valence-corrected chi connectivity index (χ2v) is 5.85. The molecule has 3 aromatic rings. The number of nitrogens with zero attached hydrogens (tertiary/aromatic N) is 2. The zero-order chi connectivity index (χ0) is 17.8. The minimum absolute atomic E-state index is 0.246. The first-order valence-electron chi connectivity index (χ1n) is 7.95. The summed E-state index contributed by atoms with van der Waals surface area (Å²) in [4.78, 5) is 0. The smallest absolute Gasteiger partial charge is 0.240 e. The molecule has 0 saturated heterocycles. The van der Waals surface area contributed by atoms with E-state index in [0.29, 0.717) is 18.2 Å². The number of benzene rings is 2. The lowest BCUT2D eigenvalue weighted by Crippen LogP contribution is -1.92. The van der Waals surface area contributed by atoms with Crippen molar-refractivity contribution in [2.24, 2.45) is 0 Å². The van der Waals surface area contributed by atoms with Gasteiger partial charge in [-0.25, -0.2) is 4.39 Å². The van der Waals surface area contributed by atoms with Crippen molar-refractivity contribution in [3.8, 4) is 5.75 Å². The molecule has 0 aliphatic carbocycles. The van der Waals surface area contributed by atoms with E-state index in [4.69, 9.17) is 9.15 Å². The number of ether oxygens (including phenoxy) is 1. The van der Waals surface area contributed by atoms with Gasteiger partial charge in [0.05, 0.1) is 13.5 Å². The van der Waals surface area contributed by atoms with Crippen LogP contribution in [0.3, 0.4) is 0 Å². The first-order valence-corrected chi connectivity index (χ1v) is 7.95. The van der Waals surface area contributed by atoms with Crippen molar-refractivity contribution in [3.63, 3.8) is 0 Å². The summed E-state index contributed by atoms with van der Waals surface area (Å²) in [5.41, 5.74) is 3.90. The molecule has 1 aromatic heterocycles. The van der Waals surface area contributed by atoms with E-state index in [0.717, 1.165) is 28.0 Å². The topological polar surface area (TPSA) is 48.2 Å². The van der Waals surface area contributed by atoms with Crippen LogP contribution in [0.25, 0.3) is 12.2 Å². The Bertz CT molecular complexity index is 916. The van der Waals surface area contributed by atoms with Crippen molar-refractivity contribution >= 4 is 12.2 Å². The molecule has 0 bridgehead atoms. The molecule has 0 N–H and O–H groups in total. The van der Waals surface area contributed by atoms with Gasteiger partial charge in [-0.2, -0.15) is 0 Å². The monoisotopic (exact) mass is 338 g/mol. The van der Waals surface area contributed by atoms with Gasteiger partial charge < -0.3 is 9.15 Å². The molecule has 2 aromatic carbocycles. The molecule has 25 heavy (non-hydrogen) atoms. The quantitative estimate of drug-likeness (QED) is 0.682. The average molecular weight is 338 g/mol. The van der Waals surface area contributed by atoms with Crippen molar-refractivity contribution in [2.75, 3.05) is 7.11 Å². The van der Waals surface area contributed by atoms with Crippen LogP contribution in [-0.4, -0.2) is 17.3 Å². The summed E-state index contributed by atoms with van der Waals surface area (Å²) >= 11 is 0. The highest BCUT2D eigenvalue weighted by atomic mass is 19.1. The molecular weight excluding hydrogens is 319 g/mol. The van der Waals surface area contributed by atoms with E-state index in [1.54, 1.807) is 19.3 Å². The number of hydrogen-bond acceptors (Lipinski definition) is 4. The van der Waals surface area contributed by atoms with Crippen LogP contribution in [0.4, 0.5) is 4.39 Å². The molecular formula is C20H19FN2O2. The van der Waals surface area contributed by atoms with Crippen LogP contribution in [-0.2, 0) is 6.42 Å². The number of aromatic nitrogens is 2. The van der Waals surface area contributed by atoms with Gasteiger partial charge in [0.1, 0.15) is 11.6 Å². The maximum atomic E-state index is 13.1. The predicted octanol–water partition coefficient (Wildman–Crippen LogP) is 4.60. The molecule has 0 aliphatic heterocycles. The molecule has 5 heteroatoms. The highest BCUT2D eigenvalue weighted by molar-refractivity contribution is 5.67. The van der Waals surface area contributed by atoms with Crippen LogP contribution < -0.4 is 4.74 Å². The lowest BCUT2D eigenvalue weighted by molar-refractivity contribution is 0.411. The van der Waals surface area contributed by atoms with Crippen molar-refractivity contribution in [2.45, 2.75) is 20.3 Å². The van der Waals surface area contributed by atoms with Crippen LogP contribution in [0, 0.1) is 19.7 Å². The van der Waals surface area contributed by atoms with E-state index < -0.39 is 0 Å². The zero-order valence-electron chi connectivity index (χ0n) is 14.4. The van der Waals surface area contributed by atoms with Gasteiger partial charge in [0.25, 0.3) is 0 Å². The number of halogens is 1. The Morgan fingerprint density at radius 3 is 2.60 bits per heavy atom. The summed E-state index contributed by atoms with van der Waals surface area (Å²) in [6.07, 6.45) is 4.13. The lowest BCUT2D eigenvalue weighted by Gasteiger charge is -2.05. The standard InChI is InChI=1S/C20H19FN2O2/c1-13-11-17(21)7-5-16(13)6-9-19-22-23-20(25-19)12-15-4-8-18(24-3)14(2)10-15/h4-11H,12H2,1-3H3/b9-6+. The summed E-state index contributed by atoms with van der Waals surface area (Å²) in [5, 5.41) is 8.10. The Balaban J connectivity index is 1.72. The second-order valence-electron chi connectivity index (χ2n) is 5.85. The van der Waals surface area contributed by atoms with Gasteiger partial charge in [0.15, 0.2) is 0 Å². The third kappa shape index (κ3) is 4.12. The summed E-state index contributed by atoms with van der Waals surface area (Å²) in [7, 11) is 1.65. The molecule has 0 unspecified atom stereocenters. The van der Waals surface area contributed by atoms with Crippen molar-refractivity contribution in [1.82, 2.24) is 10.2 Å². The second kappa shape index (κ2) is 7.30. The first-order chi connectivity index (χ1) is 12.0. The normalized spacial score (nSPS) is 11.2. The Morgan fingerprint density at radius 2 is 1.88 bits per heavy atom. The lowest BCUT2D eigenvalue weighted by atomic mass is 10.1. The van der Waals surface area contributed by atoms with Gasteiger partial charge in [-0.3, -0.25) is 0 Å². The fourth-order valence-electron chi connectivity index (χ4n) is 2.62. The Labute approximate surface area is 146 Å². The molecule has 0 spiro atoms. The van der Waals surface area contributed by atoms with Crippen LogP contribution in [0.2, 0.25) is 0 Å². The van der Waals surface area contributed by atoms with E-state index in [-0.39, 0.29) is 5.82 Å². The summed E-state index contributed by atoms with van der Waals surface area (Å²) in [6.45, 7) is 3.85. The zero-order valence-corrected chi connectivity index (χ0v) is 14.4. The first kappa shape index (κ1) is 16.9. The third-order valence-electron chi connectivity index (χ3n) is 3.93. The van der Waals surface area contributed by atoms with Crippen molar-refractivity contribution in [3.05, 3.63) is 76.3 Å². The van der Waals surface area contributed by atoms with E-state index in [1.807, 2.05) is 38.1 Å². The molecule has 0 fully saturated rings. The minimum atomic E-state index is -0.246. The summed E-state index contributed by atoms with van der Waals surface area (Å²) < 4.78 is 24.0. The minimum Gasteiger partial charge on any atom is -0.496 e. The molecule has 0 aliphatic rings. The number of rotatable bonds is 5. The van der Waals surface area contributed by atoms with E-state index >= 15 is 0 Å². The highest BCUT2D eigenvalue weighted by Gasteiger charge is 2.07. The van der Waals surface area contributed by atoms with Crippen molar-refractivity contribution in [1.29, 1.82) is 0 Å². The van der Waals surface area contributed by atoms with E-state index in [9.17, 15) is 4.39 Å². The third-order valence-corrected chi connectivity index (χ3v) is 3.93. The molecule has 0 radical (unpaired) electrons. The molecule has 4 nitrogen and oxygen atoms in total. The molecule has 128 valence electrons. The summed E-state index contributed by atoms with van der Waals surface area (Å²) in [5.74, 6) is 1.57. The highest BCUT2D eigenvalue weighted by Crippen LogP contribution is 2.20. The van der Waals surface area contributed by atoms with Gasteiger partial charge in [-0.15, -0.1) is 10.2 Å². The predicted molar refractivity (Wildman–Crippen MR) is 94.9 cm³/mol. The Morgan fingerprint density at radius 1 is 1.04 bits per heavy atom. The van der Waals surface area contributed by atoms with Crippen LogP contribution in [0.1, 0.15) is 34.0 Å². The van der Waals surface area contributed by atoms with E-state index in [2.05, 4.69) is 10.2 Å². The van der Waals surface area contributed by atoms with Gasteiger partial charge >= 0.3 is 0 Å². The molecule has 0 amide bonds. The Kier molecular flexibility index (Phi) is 4.93. The summed E-state index contributed by atoms with van der Waals surface area (Å²) in [6, 6.07) is 10.6. The molecule has 1 heterocycles. The van der Waals surface area contributed by atoms with Gasteiger partial charge in [-0.1, -0.05) is 18.2 Å². The average Bonchev–Trinajstić information content (AvgIpc) is 3.02. The molecule has 0 atom stereocenters. The van der Waals surface area contributed by atoms with E-state index in [1.165, 1.54) is 12.1 Å². The van der Waals surface area contributed by atoms with Crippen LogP contribution in [0.15, 0.2) is 40.8 Å². The Hall–Kier alpha value is -2.95. The van der Waals surface area contributed by atoms with Crippen LogP contribution in [0.5, 0.6) is 5.75 Å². The van der Waals surface area contributed by atoms with Gasteiger partial charge in [0, 0.05) is 6.08 Å². The van der Waals surface area contributed by atoms with Crippen molar-refractivity contribution < 1.29 is 13.5 Å². The molecule has 3 rings (SSSR count). The fraction of sp³-hybridized carbons (Fsp3) is 0.200. The van der Waals surface area contributed by atoms with Crippen LogP contribution >= 0.6 is 0 Å². The fourth-order valence-corrected chi connectivity index (χ4v) is 2.62.